The average molecular weight is 261 g/mol. The number of thiol groups is 1. The van der Waals surface area contributed by atoms with Crippen LogP contribution < -0.4 is 5.32 Å². The number of thioether (sulfide) groups is 1. The van der Waals surface area contributed by atoms with Crippen molar-refractivity contribution in [2.75, 3.05) is 24.3 Å². The molecule has 94 valence electrons. The van der Waals surface area contributed by atoms with Crippen molar-refractivity contribution in [2.24, 2.45) is 5.41 Å². The number of hydrogen-bond acceptors (Lipinski definition) is 3. The molecule has 0 radical (unpaired) electrons. The van der Waals surface area contributed by atoms with Gasteiger partial charge in [-0.25, -0.2) is 0 Å². The van der Waals surface area contributed by atoms with Crippen molar-refractivity contribution in [2.45, 2.75) is 38.5 Å². The van der Waals surface area contributed by atoms with Crippen molar-refractivity contribution in [3.63, 3.8) is 0 Å². The SMILES string of the molecule is CSCCCCCNC(=O)CC1(CS)CC1. The van der Waals surface area contributed by atoms with Crippen LogP contribution in [0.4, 0.5) is 0 Å². The van der Waals surface area contributed by atoms with E-state index in [0.717, 1.165) is 18.7 Å². The van der Waals surface area contributed by atoms with E-state index in [-0.39, 0.29) is 11.3 Å². The van der Waals surface area contributed by atoms with Gasteiger partial charge in [0, 0.05) is 13.0 Å². The van der Waals surface area contributed by atoms with E-state index in [0.29, 0.717) is 6.42 Å². The normalized spacial score (nSPS) is 17.1. The van der Waals surface area contributed by atoms with Crippen LogP contribution in [0.15, 0.2) is 0 Å². The molecule has 16 heavy (non-hydrogen) atoms. The van der Waals surface area contributed by atoms with Crippen molar-refractivity contribution in [3.05, 3.63) is 0 Å². The Morgan fingerprint density at radius 3 is 2.69 bits per heavy atom. The molecule has 0 spiro atoms. The zero-order valence-electron chi connectivity index (χ0n) is 10.1. The number of nitrogens with one attached hydrogen (secondary N) is 1. The number of unbranched alkanes of at least 4 members (excludes halogenated alkanes) is 2. The Morgan fingerprint density at radius 1 is 1.38 bits per heavy atom. The van der Waals surface area contributed by atoms with Crippen LogP contribution in [0.2, 0.25) is 0 Å². The number of carbonyl (C=O) groups is 1. The van der Waals surface area contributed by atoms with E-state index in [2.05, 4.69) is 24.2 Å². The molecule has 0 heterocycles. The van der Waals surface area contributed by atoms with Crippen LogP contribution >= 0.6 is 24.4 Å². The average Bonchev–Trinajstić information content (AvgIpc) is 3.04. The van der Waals surface area contributed by atoms with Gasteiger partial charge in [-0.15, -0.1) is 0 Å². The Bertz CT molecular complexity index is 217. The molecular weight excluding hydrogens is 238 g/mol. The number of amides is 1. The lowest BCUT2D eigenvalue weighted by Gasteiger charge is -2.11. The molecule has 0 unspecified atom stereocenters. The number of rotatable bonds is 9. The third-order valence-electron chi connectivity index (χ3n) is 3.18. The summed E-state index contributed by atoms with van der Waals surface area (Å²) in [5.41, 5.74) is 0.256. The molecule has 2 nitrogen and oxygen atoms in total. The largest absolute Gasteiger partial charge is 0.356 e. The minimum atomic E-state index is 0.219. The fraction of sp³-hybridized carbons (Fsp3) is 0.917. The summed E-state index contributed by atoms with van der Waals surface area (Å²) >= 11 is 6.19. The highest BCUT2D eigenvalue weighted by atomic mass is 32.2. The van der Waals surface area contributed by atoms with Gasteiger partial charge in [0.2, 0.25) is 5.91 Å². The smallest absolute Gasteiger partial charge is 0.220 e. The molecule has 1 aliphatic rings. The molecular formula is C12H23NOS2. The van der Waals surface area contributed by atoms with E-state index in [1.807, 2.05) is 11.8 Å². The second-order valence-corrected chi connectivity index (χ2v) is 6.04. The van der Waals surface area contributed by atoms with Gasteiger partial charge in [0.15, 0.2) is 0 Å². The second-order valence-electron chi connectivity index (χ2n) is 4.74. The topological polar surface area (TPSA) is 29.1 Å². The molecule has 0 aromatic carbocycles. The highest BCUT2D eigenvalue weighted by molar-refractivity contribution is 7.98. The minimum Gasteiger partial charge on any atom is -0.356 e. The summed E-state index contributed by atoms with van der Waals surface area (Å²) in [5, 5.41) is 3.01. The van der Waals surface area contributed by atoms with Gasteiger partial charge in [-0.1, -0.05) is 6.42 Å². The van der Waals surface area contributed by atoms with E-state index >= 15 is 0 Å². The molecule has 1 saturated carbocycles. The Kier molecular flexibility index (Phi) is 6.66. The van der Waals surface area contributed by atoms with E-state index < -0.39 is 0 Å². The van der Waals surface area contributed by atoms with Crippen molar-refractivity contribution in [1.29, 1.82) is 0 Å². The molecule has 1 amide bonds. The van der Waals surface area contributed by atoms with Crippen LogP contribution in [0.25, 0.3) is 0 Å². The molecule has 1 N–H and O–H groups in total. The summed E-state index contributed by atoms with van der Waals surface area (Å²) in [6.07, 6.45) is 8.77. The minimum absolute atomic E-state index is 0.219. The molecule has 0 bridgehead atoms. The summed E-state index contributed by atoms with van der Waals surface area (Å²) < 4.78 is 0. The van der Waals surface area contributed by atoms with Crippen molar-refractivity contribution >= 4 is 30.3 Å². The quantitative estimate of drug-likeness (QED) is 0.493. The van der Waals surface area contributed by atoms with Gasteiger partial charge in [0.05, 0.1) is 0 Å². The maximum Gasteiger partial charge on any atom is 0.220 e. The van der Waals surface area contributed by atoms with Crippen LogP contribution in [-0.2, 0) is 4.79 Å². The van der Waals surface area contributed by atoms with Crippen molar-refractivity contribution in [1.82, 2.24) is 5.32 Å². The summed E-state index contributed by atoms with van der Waals surface area (Å²) in [6.45, 7) is 0.843. The Morgan fingerprint density at radius 2 is 2.12 bits per heavy atom. The molecule has 4 heteroatoms. The van der Waals surface area contributed by atoms with E-state index in [9.17, 15) is 4.79 Å². The van der Waals surface area contributed by atoms with Crippen molar-refractivity contribution in [3.8, 4) is 0 Å². The fourth-order valence-corrected chi connectivity index (χ4v) is 2.67. The zero-order chi connectivity index (χ0) is 11.9. The van der Waals surface area contributed by atoms with Gasteiger partial charge < -0.3 is 5.32 Å². The highest BCUT2D eigenvalue weighted by Crippen LogP contribution is 2.49. The zero-order valence-corrected chi connectivity index (χ0v) is 11.8. The van der Waals surface area contributed by atoms with E-state index in [4.69, 9.17) is 0 Å². The summed E-state index contributed by atoms with van der Waals surface area (Å²) in [7, 11) is 0. The van der Waals surface area contributed by atoms with Gasteiger partial charge in [0.25, 0.3) is 0 Å². The lowest BCUT2D eigenvalue weighted by molar-refractivity contribution is -0.122. The monoisotopic (exact) mass is 261 g/mol. The van der Waals surface area contributed by atoms with E-state index in [1.54, 1.807) is 0 Å². The lowest BCUT2D eigenvalue weighted by atomic mass is 10.1. The first-order chi connectivity index (χ1) is 7.72. The predicted octanol–water partition coefficient (Wildman–Crippen LogP) is 2.74. The molecule has 0 aliphatic heterocycles. The summed E-state index contributed by atoms with van der Waals surface area (Å²) in [6, 6.07) is 0. The molecule has 0 aromatic rings. The molecule has 1 fully saturated rings. The maximum atomic E-state index is 11.6. The van der Waals surface area contributed by atoms with Crippen LogP contribution in [0.5, 0.6) is 0 Å². The summed E-state index contributed by atoms with van der Waals surface area (Å²) in [5.74, 6) is 2.31. The van der Waals surface area contributed by atoms with Crippen LogP contribution in [0, 0.1) is 5.41 Å². The van der Waals surface area contributed by atoms with Gasteiger partial charge >= 0.3 is 0 Å². The Hall–Kier alpha value is 0.170. The van der Waals surface area contributed by atoms with Gasteiger partial charge in [-0.3, -0.25) is 4.79 Å². The standard InChI is InChI=1S/C12H23NOS2/c1-16-8-4-2-3-7-13-11(14)9-12(10-15)5-6-12/h15H,2-10H2,1H3,(H,13,14). The van der Waals surface area contributed by atoms with Gasteiger partial charge in [-0.2, -0.15) is 24.4 Å². The number of carbonyl (C=O) groups excluding carboxylic acids is 1. The first-order valence-corrected chi connectivity index (χ1v) is 8.11. The molecule has 1 rings (SSSR count). The molecule has 1 aliphatic carbocycles. The predicted molar refractivity (Wildman–Crippen MR) is 75.4 cm³/mol. The van der Waals surface area contributed by atoms with E-state index in [1.165, 1.54) is 31.4 Å². The Balaban J connectivity index is 1.94. The molecule has 0 atom stereocenters. The Labute approximate surface area is 109 Å². The van der Waals surface area contributed by atoms with Crippen LogP contribution in [-0.4, -0.2) is 30.2 Å². The molecule has 0 saturated heterocycles. The third kappa shape index (κ3) is 5.48. The van der Waals surface area contributed by atoms with Crippen LogP contribution in [0.1, 0.15) is 38.5 Å². The first-order valence-electron chi connectivity index (χ1n) is 6.09. The summed E-state index contributed by atoms with van der Waals surface area (Å²) in [4.78, 5) is 11.6. The highest BCUT2D eigenvalue weighted by Gasteiger charge is 2.42. The van der Waals surface area contributed by atoms with Gasteiger partial charge in [0.1, 0.15) is 0 Å². The fourth-order valence-electron chi connectivity index (χ4n) is 1.75. The van der Waals surface area contributed by atoms with Crippen LogP contribution in [0.3, 0.4) is 0 Å². The first kappa shape index (κ1) is 14.2. The third-order valence-corrected chi connectivity index (χ3v) is 4.54. The maximum absolute atomic E-state index is 11.6. The second kappa shape index (κ2) is 7.49. The van der Waals surface area contributed by atoms with Crippen molar-refractivity contribution < 1.29 is 4.79 Å². The number of hydrogen-bond donors (Lipinski definition) is 2. The molecule has 0 aromatic heterocycles. The lowest BCUT2D eigenvalue weighted by Crippen LogP contribution is -2.27. The van der Waals surface area contributed by atoms with Gasteiger partial charge in [-0.05, 0) is 48.9 Å².